The zero-order valence-corrected chi connectivity index (χ0v) is 55.9. The lowest BCUT2D eigenvalue weighted by Crippen LogP contribution is -2.56. The Morgan fingerprint density at radius 3 is 2.13 bits per heavy atom. The highest BCUT2D eigenvalue weighted by Gasteiger charge is 2.46. The van der Waals surface area contributed by atoms with Gasteiger partial charge in [-0.2, -0.15) is 11.8 Å². The number of hydrogen-bond donors (Lipinski definition) is 12. The summed E-state index contributed by atoms with van der Waals surface area (Å²) < 4.78 is 0. The molecular formula is C65H87N11O17S2. The molecule has 2 saturated heterocycles. The first-order chi connectivity index (χ1) is 45.1. The number of carbonyl (C=O) groups excluding carboxylic acids is 14. The van der Waals surface area contributed by atoms with Crippen LogP contribution in [0.2, 0.25) is 0 Å². The average molecular weight is 1360 g/mol. The van der Waals surface area contributed by atoms with Crippen LogP contribution < -0.4 is 42.5 Å². The van der Waals surface area contributed by atoms with Gasteiger partial charge in [0, 0.05) is 105 Å². The number of nitrogens with one attached hydrogen (secondary N) is 9. The van der Waals surface area contributed by atoms with Crippen LogP contribution in [0.3, 0.4) is 0 Å². The summed E-state index contributed by atoms with van der Waals surface area (Å²) in [7, 11) is 0. The van der Waals surface area contributed by atoms with Crippen molar-refractivity contribution in [2.45, 2.75) is 159 Å². The van der Waals surface area contributed by atoms with Gasteiger partial charge in [0.2, 0.25) is 65.0 Å². The van der Waals surface area contributed by atoms with E-state index in [0.717, 1.165) is 21.6 Å². The third-order valence-electron chi connectivity index (χ3n) is 18.0. The Bertz CT molecular complexity index is 3400. The summed E-state index contributed by atoms with van der Waals surface area (Å²) in [5.41, 5.74) is 1.87. The number of aromatic amines is 1. The lowest BCUT2D eigenvalue weighted by Gasteiger charge is -2.31. The number of nitrogens with zero attached hydrogens (tertiary/aromatic N) is 2. The molecule has 13 atom stereocenters. The molecule has 2 fully saturated rings. The molecule has 516 valence electrons. The van der Waals surface area contributed by atoms with Crippen molar-refractivity contribution in [3.63, 3.8) is 0 Å². The zero-order valence-electron chi connectivity index (χ0n) is 54.3. The van der Waals surface area contributed by atoms with E-state index in [9.17, 15) is 72.9 Å². The molecule has 2 bridgehead atoms. The molecule has 7 rings (SSSR count). The van der Waals surface area contributed by atoms with Crippen molar-refractivity contribution in [1.82, 2.24) is 52.0 Å². The molecular weight excluding hydrogens is 1270 g/mol. The molecule has 12 unspecified atom stereocenters. The molecule has 3 aromatic rings. The lowest BCUT2D eigenvalue weighted by molar-refractivity contribution is -0.145. The summed E-state index contributed by atoms with van der Waals surface area (Å²) in [5, 5.41) is 54.1. The Kier molecular flexibility index (Phi) is 26.6. The minimum absolute atomic E-state index is 0.0542. The van der Waals surface area contributed by atoms with Gasteiger partial charge in [0.25, 0.3) is 0 Å². The van der Waals surface area contributed by atoms with Crippen LogP contribution in [-0.2, 0) is 80.1 Å². The molecule has 0 saturated carbocycles. The first-order valence-electron chi connectivity index (χ1n) is 32.0. The number of amides is 11. The van der Waals surface area contributed by atoms with E-state index in [0.29, 0.717) is 39.2 Å². The minimum atomic E-state index is -1.58. The van der Waals surface area contributed by atoms with Gasteiger partial charge in [0.05, 0.1) is 66.2 Å². The molecule has 11 amide bonds. The maximum absolute atomic E-state index is 15.1. The zero-order chi connectivity index (χ0) is 69.5. The molecule has 5 heterocycles. The van der Waals surface area contributed by atoms with E-state index >= 15 is 9.59 Å². The molecule has 2 aromatic carbocycles. The highest BCUT2D eigenvalue weighted by atomic mass is 32.2. The van der Waals surface area contributed by atoms with Crippen molar-refractivity contribution in [3.05, 3.63) is 59.7 Å². The van der Waals surface area contributed by atoms with E-state index in [2.05, 4.69) is 47.5 Å². The van der Waals surface area contributed by atoms with E-state index in [1.807, 2.05) is 0 Å². The maximum atomic E-state index is 15.1. The lowest BCUT2D eigenvalue weighted by atomic mass is 9.83. The normalized spacial score (nSPS) is 24.7. The summed E-state index contributed by atoms with van der Waals surface area (Å²) in [6.07, 6.45) is -3.86. The fraction of sp³-hybridized carbons (Fsp3) is 0.569. The number of anilines is 1. The molecule has 30 heteroatoms. The molecule has 95 heavy (non-hydrogen) atoms. The van der Waals surface area contributed by atoms with Crippen molar-refractivity contribution in [2.75, 3.05) is 50.1 Å². The molecule has 12 N–H and O–H groups in total. The molecule has 1 aromatic heterocycles. The number of aromatic nitrogens is 1. The van der Waals surface area contributed by atoms with Gasteiger partial charge in [-0.05, 0) is 53.3 Å². The third-order valence-corrected chi connectivity index (χ3v) is 20.1. The standard InChI is InChI=1S/C65H87N11O17S2/c1-8-33(4)58-62(91)68-27-54(85)70-45-31-95-63-42(40-11-9-10-12-43(40)72-63)23-44(61(90)67-28-55(86)74-58)71-60(89)41(35(6)50(82)30-77)24-48(80)46-22-39(78)29-76(46)64(92)37(20-47(45)79)21-53(84)66-26-36-13-15-38(16-14-36)69-59(88)34(5)19-49(81)57(32(2)3)73-52(83)17-18-75-56(87)25-51(94-7)65(75)93/h9-16,32-35,37,39,41,44-46,50-51,57-58,72,77-78,82H,8,17-31H2,1-7H3,(H,66,84)(H,67,90)(H,68,91)(H,69,88)(H,70,85)(H,71,89)(H,73,83)(H,74,86)/t33?,34-,35?,37?,39?,41?,44?,45?,46?,50?,51?,57?,58?/m1/s1. The van der Waals surface area contributed by atoms with E-state index < -0.39 is 193 Å². The largest absolute Gasteiger partial charge is 0.394 e. The predicted molar refractivity (Wildman–Crippen MR) is 349 cm³/mol. The summed E-state index contributed by atoms with van der Waals surface area (Å²) in [6.45, 7) is 6.99. The number of imide groups is 1. The van der Waals surface area contributed by atoms with Crippen molar-refractivity contribution in [3.8, 4) is 0 Å². The van der Waals surface area contributed by atoms with Crippen LogP contribution in [0.1, 0.15) is 104 Å². The number of Topliss-reactive ketones (excluding diaryl/α,β-unsaturated/α-hetero) is 3. The van der Waals surface area contributed by atoms with Gasteiger partial charge in [-0.25, -0.2) is 0 Å². The molecule has 0 aliphatic carbocycles. The summed E-state index contributed by atoms with van der Waals surface area (Å²) in [5.74, 6) is -15.7. The average Bonchev–Trinajstić information content (AvgIpc) is 1.77. The summed E-state index contributed by atoms with van der Waals surface area (Å²) >= 11 is 2.30. The van der Waals surface area contributed by atoms with Crippen LogP contribution in [0.15, 0.2) is 53.6 Å². The highest BCUT2D eigenvalue weighted by Crippen LogP contribution is 2.34. The Morgan fingerprint density at radius 1 is 0.779 bits per heavy atom. The number of rotatable bonds is 20. The quantitative estimate of drug-likeness (QED) is 0.0659. The Morgan fingerprint density at radius 2 is 1.46 bits per heavy atom. The number of hydrogen-bond acceptors (Lipinski definition) is 19. The first-order valence-corrected chi connectivity index (χ1v) is 34.2. The number of thioether (sulfide) groups is 2. The van der Waals surface area contributed by atoms with E-state index in [-0.39, 0.29) is 68.7 Å². The number of fused-ring (bicyclic) bond motifs is 5. The Balaban J connectivity index is 1.13. The number of carbonyl (C=O) groups is 14. The first kappa shape index (κ1) is 74.3. The van der Waals surface area contributed by atoms with Crippen LogP contribution in [0, 0.1) is 35.5 Å². The number of aliphatic hydroxyl groups excluding tert-OH is 3. The van der Waals surface area contributed by atoms with Crippen molar-refractivity contribution in [1.29, 1.82) is 0 Å². The Labute approximate surface area is 558 Å². The summed E-state index contributed by atoms with van der Waals surface area (Å²) in [6, 6.07) is 6.68. The van der Waals surface area contributed by atoms with Crippen LogP contribution >= 0.6 is 23.5 Å². The molecule has 28 nitrogen and oxygen atoms in total. The highest BCUT2D eigenvalue weighted by molar-refractivity contribution is 8.00. The van der Waals surface area contributed by atoms with Gasteiger partial charge in [-0.3, -0.25) is 72.0 Å². The number of aliphatic hydroxyl groups is 3. The van der Waals surface area contributed by atoms with Crippen molar-refractivity contribution < 1.29 is 82.4 Å². The smallest absolute Gasteiger partial charge is 0.243 e. The van der Waals surface area contributed by atoms with Gasteiger partial charge in [0.15, 0.2) is 17.3 Å². The molecule has 0 radical (unpaired) electrons. The van der Waals surface area contributed by atoms with Crippen LogP contribution in [0.5, 0.6) is 0 Å². The number of H-pyrrole nitrogens is 1. The SMILES string of the molecule is CCC(C)C1NC(=O)CNC(=O)C2Cc3c([nH]c4ccccc34)SCC(NC(=O)CNC1=O)C(=O)CC(CC(=O)NCc1ccc(NC(=O)[C@H](C)CC(=O)C(NC(=O)CCN3C(=O)CC(SC)C3=O)C(C)C)cc1)C(=O)N1CC(O)CC1C(=O)CC(C(C)C(O)CO)C(=O)N2. The molecule has 4 aliphatic rings. The number of ketones is 3. The fourth-order valence-electron chi connectivity index (χ4n) is 12.0. The van der Waals surface area contributed by atoms with Crippen molar-refractivity contribution in [2.24, 2.45) is 35.5 Å². The minimum Gasteiger partial charge on any atom is -0.394 e. The maximum Gasteiger partial charge on any atom is 0.243 e. The summed E-state index contributed by atoms with van der Waals surface area (Å²) in [4.78, 5) is 200. The third kappa shape index (κ3) is 19.6. The van der Waals surface area contributed by atoms with Gasteiger partial charge in [-0.1, -0.05) is 78.3 Å². The molecule has 4 aliphatic heterocycles. The second kappa shape index (κ2) is 34.1. The fourth-order valence-corrected chi connectivity index (χ4v) is 13.8. The topological polar surface area (TPSA) is 418 Å². The van der Waals surface area contributed by atoms with E-state index in [1.54, 1.807) is 89.4 Å². The second-order valence-electron chi connectivity index (χ2n) is 25.3. The van der Waals surface area contributed by atoms with Crippen LogP contribution in [0.25, 0.3) is 10.9 Å². The molecule has 0 spiro atoms. The second-order valence-corrected chi connectivity index (χ2v) is 27.4. The van der Waals surface area contributed by atoms with E-state index in [1.165, 1.54) is 18.7 Å². The Hall–Kier alpha value is -8.06. The predicted octanol–water partition coefficient (Wildman–Crippen LogP) is -0.0738. The van der Waals surface area contributed by atoms with Gasteiger partial charge >= 0.3 is 0 Å². The van der Waals surface area contributed by atoms with Crippen LogP contribution in [-0.4, -0.2) is 205 Å². The van der Waals surface area contributed by atoms with Crippen molar-refractivity contribution >= 4 is 122 Å². The number of para-hydroxylation sites is 1. The monoisotopic (exact) mass is 1360 g/mol. The van der Waals surface area contributed by atoms with E-state index in [4.69, 9.17) is 0 Å². The number of benzene rings is 2. The number of likely N-dealkylation sites (tertiary alicyclic amines) is 1. The van der Waals surface area contributed by atoms with Crippen LogP contribution in [0.4, 0.5) is 5.69 Å². The van der Waals surface area contributed by atoms with Gasteiger partial charge in [-0.15, -0.1) is 11.8 Å². The van der Waals surface area contributed by atoms with Gasteiger partial charge in [0.1, 0.15) is 12.1 Å². The van der Waals surface area contributed by atoms with Gasteiger partial charge < -0.3 is 67.7 Å².